The van der Waals surface area contributed by atoms with Crippen LogP contribution in [0.4, 0.5) is 4.79 Å². The first-order chi connectivity index (χ1) is 7.31. The molecule has 1 rings (SSSR count). The molecule has 4 nitrogen and oxygen atoms in total. The Labute approximate surface area is 97.6 Å². The summed E-state index contributed by atoms with van der Waals surface area (Å²) in [5.74, 6) is 0.620. The van der Waals surface area contributed by atoms with Gasteiger partial charge in [0.25, 0.3) is 0 Å². The molecule has 0 aromatic rings. The van der Waals surface area contributed by atoms with Gasteiger partial charge in [-0.3, -0.25) is 0 Å². The summed E-state index contributed by atoms with van der Waals surface area (Å²) in [5, 5.41) is 9.16. The molecule has 0 aromatic heterocycles. The Balaban J connectivity index is 2.55. The molecule has 4 heteroatoms. The summed E-state index contributed by atoms with van der Waals surface area (Å²) in [6.07, 6.45) is 0.716. The van der Waals surface area contributed by atoms with Crippen molar-refractivity contribution in [3.63, 3.8) is 0 Å². The molecule has 1 saturated heterocycles. The molecule has 1 aliphatic rings. The molecule has 1 aliphatic heterocycles. The van der Waals surface area contributed by atoms with Crippen LogP contribution in [-0.4, -0.2) is 41.4 Å². The Kier molecular flexibility index (Phi) is 4.19. The molecular formula is C12H23NO3. The van der Waals surface area contributed by atoms with Crippen molar-refractivity contribution in [1.82, 2.24) is 4.90 Å². The topological polar surface area (TPSA) is 49.8 Å². The van der Waals surface area contributed by atoms with Gasteiger partial charge in [0.15, 0.2) is 0 Å². The third-order valence-corrected chi connectivity index (χ3v) is 2.66. The number of likely N-dealkylation sites (tertiary alicyclic amines) is 1. The van der Waals surface area contributed by atoms with Crippen molar-refractivity contribution in [3.8, 4) is 0 Å². The van der Waals surface area contributed by atoms with Gasteiger partial charge in [-0.2, -0.15) is 0 Å². The number of amides is 1. The van der Waals surface area contributed by atoms with E-state index in [9.17, 15) is 4.79 Å². The van der Waals surface area contributed by atoms with E-state index in [0.29, 0.717) is 12.5 Å². The van der Waals surface area contributed by atoms with Crippen LogP contribution in [-0.2, 0) is 4.74 Å². The number of aliphatic hydroxyl groups excluding tert-OH is 1. The van der Waals surface area contributed by atoms with Crippen molar-refractivity contribution in [2.45, 2.75) is 39.7 Å². The van der Waals surface area contributed by atoms with Crippen LogP contribution in [0.15, 0.2) is 0 Å². The van der Waals surface area contributed by atoms with E-state index < -0.39 is 5.60 Å². The summed E-state index contributed by atoms with van der Waals surface area (Å²) < 4.78 is 5.32. The van der Waals surface area contributed by atoms with Crippen LogP contribution in [0.1, 0.15) is 34.1 Å². The van der Waals surface area contributed by atoms with Crippen molar-refractivity contribution in [3.05, 3.63) is 0 Å². The van der Waals surface area contributed by atoms with Crippen molar-refractivity contribution in [2.24, 2.45) is 11.8 Å². The first-order valence-corrected chi connectivity index (χ1v) is 5.90. The van der Waals surface area contributed by atoms with Crippen molar-refractivity contribution >= 4 is 6.09 Å². The van der Waals surface area contributed by atoms with Crippen LogP contribution >= 0.6 is 0 Å². The van der Waals surface area contributed by atoms with Gasteiger partial charge in [0.1, 0.15) is 5.60 Å². The molecule has 1 N–H and O–H groups in total. The molecule has 2 unspecified atom stereocenters. The fraction of sp³-hybridized carbons (Fsp3) is 0.917. The highest BCUT2D eigenvalue weighted by Crippen LogP contribution is 2.22. The number of hydrogen-bond acceptors (Lipinski definition) is 3. The Bertz CT molecular complexity index is 247. The Morgan fingerprint density at radius 3 is 2.56 bits per heavy atom. The Hall–Kier alpha value is -0.770. The van der Waals surface area contributed by atoms with Gasteiger partial charge in [0.05, 0.1) is 0 Å². The molecule has 0 spiro atoms. The summed E-state index contributed by atoms with van der Waals surface area (Å²) in [4.78, 5) is 13.6. The average Bonchev–Trinajstić information content (AvgIpc) is 2.14. The zero-order chi connectivity index (χ0) is 12.3. The smallest absolute Gasteiger partial charge is 0.410 e. The van der Waals surface area contributed by atoms with Crippen molar-refractivity contribution < 1.29 is 14.6 Å². The van der Waals surface area contributed by atoms with Crippen LogP contribution in [0, 0.1) is 11.8 Å². The van der Waals surface area contributed by atoms with E-state index in [4.69, 9.17) is 9.84 Å². The molecule has 0 radical (unpaired) electrons. The fourth-order valence-corrected chi connectivity index (χ4v) is 2.09. The van der Waals surface area contributed by atoms with Crippen LogP contribution < -0.4 is 0 Å². The first-order valence-electron chi connectivity index (χ1n) is 5.90. The number of carbonyl (C=O) groups is 1. The minimum Gasteiger partial charge on any atom is -0.444 e. The first kappa shape index (κ1) is 13.3. The quantitative estimate of drug-likeness (QED) is 0.746. The van der Waals surface area contributed by atoms with Gasteiger partial charge < -0.3 is 14.7 Å². The molecule has 0 saturated carbocycles. The highest BCUT2D eigenvalue weighted by atomic mass is 16.6. The molecule has 1 amide bonds. The second kappa shape index (κ2) is 5.04. The number of piperidine rings is 1. The number of rotatable bonds is 1. The number of ether oxygens (including phenoxy) is 1. The van der Waals surface area contributed by atoms with E-state index in [0.717, 1.165) is 13.0 Å². The van der Waals surface area contributed by atoms with Crippen LogP contribution in [0.2, 0.25) is 0 Å². The van der Waals surface area contributed by atoms with E-state index >= 15 is 0 Å². The number of aliphatic hydroxyl groups is 1. The average molecular weight is 229 g/mol. The van der Waals surface area contributed by atoms with Gasteiger partial charge in [0, 0.05) is 25.6 Å². The highest BCUT2D eigenvalue weighted by Gasteiger charge is 2.30. The standard InChI is InChI=1S/C12H23NO3/c1-9-5-10(8-14)7-13(6-9)11(15)16-12(2,3)4/h9-10,14H,5-8H2,1-4H3. The predicted octanol–water partition coefficient (Wildman–Crippen LogP) is 1.87. The number of hydrogen-bond donors (Lipinski definition) is 1. The van der Waals surface area contributed by atoms with Gasteiger partial charge in [-0.25, -0.2) is 4.79 Å². The minimum absolute atomic E-state index is 0.142. The molecule has 2 atom stereocenters. The molecule has 0 aliphatic carbocycles. The second-order valence-corrected chi connectivity index (χ2v) is 5.77. The lowest BCUT2D eigenvalue weighted by atomic mass is 9.91. The summed E-state index contributed by atoms with van der Waals surface area (Å²) >= 11 is 0. The summed E-state index contributed by atoms with van der Waals surface area (Å²) in [7, 11) is 0. The lowest BCUT2D eigenvalue weighted by Crippen LogP contribution is -2.46. The van der Waals surface area contributed by atoms with E-state index in [1.54, 1.807) is 4.90 Å². The van der Waals surface area contributed by atoms with Crippen LogP contribution in [0.3, 0.4) is 0 Å². The fourth-order valence-electron chi connectivity index (χ4n) is 2.09. The highest BCUT2D eigenvalue weighted by molar-refractivity contribution is 5.68. The normalized spacial score (nSPS) is 26.7. The lowest BCUT2D eigenvalue weighted by Gasteiger charge is -2.36. The van der Waals surface area contributed by atoms with E-state index in [-0.39, 0.29) is 18.6 Å². The zero-order valence-electron chi connectivity index (χ0n) is 10.7. The van der Waals surface area contributed by atoms with Crippen molar-refractivity contribution in [2.75, 3.05) is 19.7 Å². The largest absolute Gasteiger partial charge is 0.444 e. The summed E-state index contributed by atoms with van der Waals surface area (Å²) in [6.45, 7) is 9.16. The monoisotopic (exact) mass is 229 g/mol. The van der Waals surface area contributed by atoms with Gasteiger partial charge in [0.2, 0.25) is 0 Å². The Morgan fingerprint density at radius 1 is 1.44 bits per heavy atom. The molecule has 0 bridgehead atoms. The second-order valence-electron chi connectivity index (χ2n) is 5.77. The molecule has 1 heterocycles. The van der Waals surface area contributed by atoms with E-state index in [2.05, 4.69) is 6.92 Å². The van der Waals surface area contributed by atoms with Gasteiger partial charge in [-0.15, -0.1) is 0 Å². The maximum atomic E-state index is 11.8. The van der Waals surface area contributed by atoms with Crippen LogP contribution in [0.5, 0.6) is 0 Å². The molecular weight excluding hydrogens is 206 g/mol. The molecule has 94 valence electrons. The predicted molar refractivity (Wildman–Crippen MR) is 62.2 cm³/mol. The van der Waals surface area contributed by atoms with Gasteiger partial charge >= 0.3 is 6.09 Å². The third kappa shape index (κ3) is 4.00. The summed E-state index contributed by atoms with van der Waals surface area (Å²) in [5.41, 5.74) is -0.452. The van der Waals surface area contributed by atoms with Gasteiger partial charge in [-0.05, 0) is 33.1 Å². The number of nitrogens with zero attached hydrogens (tertiary/aromatic N) is 1. The molecule has 16 heavy (non-hydrogen) atoms. The number of carbonyl (C=O) groups excluding carboxylic acids is 1. The minimum atomic E-state index is -0.452. The SMILES string of the molecule is CC1CC(CO)CN(C(=O)OC(C)(C)C)C1. The zero-order valence-corrected chi connectivity index (χ0v) is 10.7. The van der Waals surface area contributed by atoms with Gasteiger partial charge in [-0.1, -0.05) is 6.92 Å². The Morgan fingerprint density at radius 2 is 2.06 bits per heavy atom. The summed E-state index contributed by atoms with van der Waals surface area (Å²) in [6, 6.07) is 0. The maximum Gasteiger partial charge on any atom is 0.410 e. The van der Waals surface area contributed by atoms with E-state index in [1.807, 2.05) is 20.8 Å². The van der Waals surface area contributed by atoms with E-state index in [1.165, 1.54) is 0 Å². The third-order valence-electron chi connectivity index (χ3n) is 2.66. The van der Waals surface area contributed by atoms with Crippen LogP contribution in [0.25, 0.3) is 0 Å². The molecule has 0 aromatic carbocycles. The van der Waals surface area contributed by atoms with Crippen molar-refractivity contribution in [1.29, 1.82) is 0 Å². The molecule has 1 fully saturated rings. The maximum absolute atomic E-state index is 11.8. The lowest BCUT2D eigenvalue weighted by molar-refractivity contribution is 0.00636.